The van der Waals surface area contributed by atoms with Gasteiger partial charge in [-0.15, -0.1) is 0 Å². The molecule has 0 aliphatic carbocycles. The lowest BCUT2D eigenvalue weighted by atomic mass is 10.1. The van der Waals surface area contributed by atoms with E-state index < -0.39 is 0 Å². The molecule has 22 heavy (non-hydrogen) atoms. The number of hydrogen-bond donors (Lipinski definition) is 2. The zero-order valence-corrected chi connectivity index (χ0v) is 13.5. The van der Waals surface area contributed by atoms with E-state index in [2.05, 4.69) is 20.4 Å². The van der Waals surface area contributed by atoms with Crippen LogP contribution in [0.3, 0.4) is 0 Å². The number of ether oxygens (including phenoxy) is 1. The topological polar surface area (TPSA) is 73.9 Å². The molecule has 2 aliphatic heterocycles. The van der Waals surface area contributed by atoms with Crippen molar-refractivity contribution < 1.29 is 14.3 Å². The highest BCUT2D eigenvalue weighted by molar-refractivity contribution is 5.88. The minimum absolute atomic E-state index is 0.0461. The van der Waals surface area contributed by atoms with E-state index in [-0.39, 0.29) is 17.9 Å². The number of hydrogen-bond acceptors (Lipinski definition) is 5. The molecule has 126 valence electrons. The first-order valence-corrected chi connectivity index (χ1v) is 8.20. The maximum Gasteiger partial charge on any atom is 0.242 e. The number of nitrogens with zero attached hydrogens (tertiary/aromatic N) is 2. The fourth-order valence-corrected chi connectivity index (χ4v) is 2.91. The summed E-state index contributed by atoms with van der Waals surface area (Å²) in [6.07, 6.45) is 2.70. The van der Waals surface area contributed by atoms with Gasteiger partial charge in [0.05, 0.1) is 13.2 Å². The zero-order chi connectivity index (χ0) is 15.8. The Morgan fingerprint density at radius 3 is 2.73 bits per heavy atom. The highest BCUT2D eigenvalue weighted by Gasteiger charge is 2.24. The molecule has 2 rings (SSSR count). The average Bonchev–Trinajstić information content (AvgIpc) is 2.71. The first-order valence-electron chi connectivity index (χ1n) is 8.20. The average molecular weight is 312 g/mol. The molecule has 7 nitrogen and oxygen atoms in total. The molecule has 0 spiro atoms. The molecule has 0 unspecified atom stereocenters. The van der Waals surface area contributed by atoms with Gasteiger partial charge in [-0.1, -0.05) is 0 Å². The SMILES string of the molecule is COCCN1CCN(CC(=O)N[C@H]2CCCCNC2=O)CC1. The van der Waals surface area contributed by atoms with E-state index in [1.54, 1.807) is 7.11 Å². The molecule has 7 heteroatoms. The second-order valence-electron chi connectivity index (χ2n) is 6.02. The van der Waals surface area contributed by atoms with Crippen molar-refractivity contribution in [1.29, 1.82) is 0 Å². The number of carbonyl (C=O) groups is 2. The first kappa shape index (κ1) is 17.2. The summed E-state index contributed by atoms with van der Waals surface area (Å²) in [5.41, 5.74) is 0. The van der Waals surface area contributed by atoms with E-state index in [9.17, 15) is 9.59 Å². The molecule has 2 amide bonds. The number of rotatable bonds is 6. The lowest BCUT2D eigenvalue weighted by molar-refractivity contribution is -0.129. The van der Waals surface area contributed by atoms with Gasteiger partial charge in [-0.25, -0.2) is 0 Å². The number of methoxy groups -OCH3 is 1. The molecule has 0 radical (unpaired) electrons. The monoisotopic (exact) mass is 312 g/mol. The second-order valence-corrected chi connectivity index (χ2v) is 6.02. The summed E-state index contributed by atoms with van der Waals surface area (Å²) < 4.78 is 5.08. The van der Waals surface area contributed by atoms with E-state index in [0.717, 1.165) is 58.6 Å². The van der Waals surface area contributed by atoms with Gasteiger partial charge in [0.25, 0.3) is 0 Å². The Labute approximate surface area is 132 Å². The van der Waals surface area contributed by atoms with Crippen LogP contribution in [0.4, 0.5) is 0 Å². The number of carbonyl (C=O) groups excluding carboxylic acids is 2. The Bertz CT molecular complexity index is 370. The van der Waals surface area contributed by atoms with Gasteiger partial charge in [0, 0.05) is 46.4 Å². The number of nitrogens with one attached hydrogen (secondary N) is 2. The molecule has 2 aliphatic rings. The molecular formula is C15H28N4O3. The highest BCUT2D eigenvalue weighted by Crippen LogP contribution is 2.06. The van der Waals surface area contributed by atoms with Crippen molar-refractivity contribution in [1.82, 2.24) is 20.4 Å². The maximum atomic E-state index is 12.1. The highest BCUT2D eigenvalue weighted by atomic mass is 16.5. The standard InChI is InChI=1S/C15H28N4O3/c1-22-11-10-18-6-8-19(9-7-18)12-14(20)17-13-4-2-3-5-16-15(13)21/h13H,2-12H2,1H3,(H,16,21)(H,17,20)/t13-/m0/s1. The summed E-state index contributed by atoms with van der Waals surface area (Å²) in [4.78, 5) is 28.4. The van der Waals surface area contributed by atoms with Gasteiger partial charge in [0.15, 0.2) is 0 Å². The third kappa shape index (κ3) is 5.55. The molecule has 2 N–H and O–H groups in total. The van der Waals surface area contributed by atoms with Crippen molar-refractivity contribution in [3.8, 4) is 0 Å². The van der Waals surface area contributed by atoms with Crippen LogP contribution in [-0.4, -0.2) is 87.2 Å². The summed E-state index contributed by atoms with van der Waals surface area (Å²) in [7, 11) is 1.71. The molecule has 1 atom stereocenters. The summed E-state index contributed by atoms with van der Waals surface area (Å²) in [5, 5.41) is 5.72. The van der Waals surface area contributed by atoms with Crippen molar-refractivity contribution in [2.45, 2.75) is 25.3 Å². The molecule has 2 heterocycles. The lowest BCUT2D eigenvalue weighted by Gasteiger charge is -2.34. The smallest absolute Gasteiger partial charge is 0.242 e. The van der Waals surface area contributed by atoms with Crippen molar-refractivity contribution in [3.05, 3.63) is 0 Å². The fourth-order valence-electron chi connectivity index (χ4n) is 2.91. The van der Waals surface area contributed by atoms with E-state index >= 15 is 0 Å². The predicted octanol–water partition coefficient (Wildman–Crippen LogP) is -0.965. The Morgan fingerprint density at radius 2 is 2.00 bits per heavy atom. The van der Waals surface area contributed by atoms with Gasteiger partial charge in [0.1, 0.15) is 6.04 Å². The molecule has 0 aromatic carbocycles. The van der Waals surface area contributed by atoms with Gasteiger partial charge < -0.3 is 15.4 Å². The second kappa shape index (κ2) is 9.07. The van der Waals surface area contributed by atoms with E-state index in [0.29, 0.717) is 13.1 Å². The van der Waals surface area contributed by atoms with E-state index in [1.165, 1.54) is 0 Å². The van der Waals surface area contributed by atoms with Crippen LogP contribution in [0.25, 0.3) is 0 Å². The van der Waals surface area contributed by atoms with Crippen LogP contribution in [0, 0.1) is 0 Å². The molecule has 2 saturated heterocycles. The van der Waals surface area contributed by atoms with Crippen LogP contribution in [0.2, 0.25) is 0 Å². The van der Waals surface area contributed by atoms with E-state index in [4.69, 9.17) is 4.74 Å². The first-order chi connectivity index (χ1) is 10.7. The minimum Gasteiger partial charge on any atom is -0.383 e. The van der Waals surface area contributed by atoms with Crippen LogP contribution in [0.15, 0.2) is 0 Å². The third-order valence-corrected chi connectivity index (χ3v) is 4.31. The van der Waals surface area contributed by atoms with Crippen molar-refractivity contribution in [2.24, 2.45) is 0 Å². The predicted molar refractivity (Wildman–Crippen MR) is 83.5 cm³/mol. The van der Waals surface area contributed by atoms with Crippen LogP contribution >= 0.6 is 0 Å². The maximum absolute atomic E-state index is 12.1. The van der Waals surface area contributed by atoms with Gasteiger partial charge in [0.2, 0.25) is 11.8 Å². The molecule has 0 aromatic rings. The summed E-state index contributed by atoms with van der Waals surface area (Å²) in [6, 6.07) is -0.363. The van der Waals surface area contributed by atoms with Gasteiger partial charge in [-0.05, 0) is 19.3 Å². The number of amides is 2. The molecular weight excluding hydrogens is 284 g/mol. The third-order valence-electron chi connectivity index (χ3n) is 4.31. The quantitative estimate of drug-likeness (QED) is 0.660. The van der Waals surface area contributed by atoms with E-state index in [1.807, 2.05) is 0 Å². The van der Waals surface area contributed by atoms with Crippen molar-refractivity contribution >= 4 is 11.8 Å². The normalized spacial score (nSPS) is 24.6. The molecule has 0 bridgehead atoms. The lowest BCUT2D eigenvalue weighted by Crippen LogP contribution is -2.52. The van der Waals surface area contributed by atoms with Crippen LogP contribution < -0.4 is 10.6 Å². The zero-order valence-electron chi connectivity index (χ0n) is 13.5. The molecule has 2 fully saturated rings. The Kier molecular flexibility index (Phi) is 7.08. The fraction of sp³-hybridized carbons (Fsp3) is 0.867. The summed E-state index contributed by atoms with van der Waals surface area (Å²) in [6.45, 7) is 6.47. The largest absolute Gasteiger partial charge is 0.383 e. The van der Waals surface area contributed by atoms with Gasteiger partial charge in [-0.2, -0.15) is 0 Å². The van der Waals surface area contributed by atoms with Crippen molar-refractivity contribution in [2.75, 3.05) is 59.5 Å². The molecule has 0 aromatic heterocycles. The summed E-state index contributed by atoms with van der Waals surface area (Å²) in [5.74, 6) is -0.0948. The summed E-state index contributed by atoms with van der Waals surface area (Å²) >= 11 is 0. The van der Waals surface area contributed by atoms with Gasteiger partial charge >= 0.3 is 0 Å². The Morgan fingerprint density at radius 1 is 1.27 bits per heavy atom. The number of piperazine rings is 1. The van der Waals surface area contributed by atoms with Crippen molar-refractivity contribution in [3.63, 3.8) is 0 Å². The molecule has 0 saturated carbocycles. The van der Waals surface area contributed by atoms with Gasteiger partial charge in [-0.3, -0.25) is 19.4 Å². The van der Waals surface area contributed by atoms with Crippen LogP contribution in [-0.2, 0) is 14.3 Å². The minimum atomic E-state index is -0.363. The van der Waals surface area contributed by atoms with Crippen LogP contribution in [0.5, 0.6) is 0 Å². The Balaban J connectivity index is 1.68. The Hall–Kier alpha value is -1.18. The van der Waals surface area contributed by atoms with Crippen LogP contribution in [0.1, 0.15) is 19.3 Å².